The van der Waals surface area contributed by atoms with E-state index in [1.807, 2.05) is 0 Å². The molecule has 0 saturated heterocycles. The number of benzene rings is 2. The van der Waals surface area contributed by atoms with E-state index in [-0.39, 0.29) is 16.7 Å². The summed E-state index contributed by atoms with van der Waals surface area (Å²) in [7, 11) is -4.99. The standard InChI is InChI=1S/C23H15N3O5S/c24-15-16-8-4-5-11-18(16)19-14-20(21-12-6-7-13-25-21)23(31-32(28,29)30)26(22(19)27)17-9-2-1-3-10-17/h1-14H,(H,28,29,30). The van der Waals surface area contributed by atoms with E-state index in [2.05, 4.69) is 11.1 Å². The molecule has 2 aromatic heterocycles. The summed E-state index contributed by atoms with van der Waals surface area (Å²) in [5.41, 5.74) is 0.844. The fourth-order valence-electron chi connectivity index (χ4n) is 3.31. The lowest BCUT2D eigenvalue weighted by Gasteiger charge is -2.18. The van der Waals surface area contributed by atoms with Crippen molar-refractivity contribution in [3.63, 3.8) is 0 Å². The second kappa shape index (κ2) is 8.47. The molecule has 2 aromatic carbocycles. The highest BCUT2D eigenvalue weighted by molar-refractivity contribution is 7.81. The van der Waals surface area contributed by atoms with Crippen molar-refractivity contribution < 1.29 is 17.2 Å². The first-order chi connectivity index (χ1) is 15.4. The van der Waals surface area contributed by atoms with Crippen LogP contribution in [-0.4, -0.2) is 22.5 Å². The van der Waals surface area contributed by atoms with E-state index in [1.54, 1.807) is 72.8 Å². The van der Waals surface area contributed by atoms with Crippen LogP contribution in [0.4, 0.5) is 0 Å². The zero-order valence-electron chi connectivity index (χ0n) is 16.4. The van der Waals surface area contributed by atoms with Crippen molar-refractivity contribution in [2.24, 2.45) is 0 Å². The van der Waals surface area contributed by atoms with Gasteiger partial charge in [0.05, 0.1) is 28.6 Å². The van der Waals surface area contributed by atoms with Gasteiger partial charge < -0.3 is 4.18 Å². The van der Waals surface area contributed by atoms with E-state index < -0.39 is 21.8 Å². The summed E-state index contributed by atoms with van der Waals surface area (Å²) in [6, 6.07) is 23.2. The van der Waals surface area contributed by atoms with Crippen LogP contribution in [0.2, 0.25) is 0 Å². The summed E-state index contributed by atoms with van der Waals surface area (Å²) in [5.74, 6) is -0.430. The number of hydrogen-bond donors (Lipinski definition) is 1. The minimum atomic E-state index is -4.99. The van der Waals surface area contributed by atoms with E-state index >= 15 is 0 Å². The van der Waals surface area contributed by atoms with Gasteiger partial charge in [-0.2, -0.15) is 13.7 Å². The molecule has 0 fully saturated rings. The SMILES string of the molecule is N#Cc1ccccc1-c1cc(-c2ccccn2)c(OS(=O)(=O)O)n(-c2ccccc2)c1=O. The minimum Gasteiger partial charge on any atom is -0.342 e. The molecule has 0 amide bonds. The van der Waals surface area contributed by atoms with Gasteiger partial charge in [0.2, 0.25) is 5.88 Å². The number of nitriles is 1. The molecule has 8 nitrogen and oxygen atoms in total. The lowest BCUT2D eigenvalue weighted by Crippen LogP contribution is -2.25. The van der Waals surface area contributed by atoms with Gasteiger partial charge in [-0.15, -0.1) is 0 Å². The Balaban J connectivity index is 2.18. The predicted molar refractivity (Wildman–Crippen MR) is 118 cm³/mol. The van der Waals surface area contributed by atoms with Crippen LogP contribution < -0.4 is 9.74 Å². The molecule has 0 atom stereocenters. The lowest BCUT2D eigenvalue weighted by molar-refractivity contribution is 0.377. The third-order valence-corrected chi connectivity index (χ3v) is 5.00. The molecule has 158 valence electrons. The molecular weight excluding hydrogens is 430 g/mol. The minimum absolute atomic E-state index is 0.134. The van der Waals surface area contributed by atoms with Gasteiger partial charge in [-0.1, -0.05) is 42.5 Å². The molecule has 0 radical (unpaired) electrons. The van der Waals surface area contributed by atoms with Gasteiger partial charge in [0.1, 0.15) is 0 Å². The molecule has 9 heteroatoms. The summed E-state index contributed by atoms with van der Waals surface area (Å²) in [4.78, 5) is 17.8. The summed E-state index contributed by atoms with van der Waals surface area (Å²) >= 11 is 0. The van der Waals surface area contributed by atoms with Crippen LogP contribution in [0.3, 0.4) is 0 Å². The van der Waals surface area contributed by atoms with Crippen molar-refractivity contribution >= 4 is 10.4 Å². The third kappa shape index (κ3) is 4.13. The molecular formula is C23H15N3O5S. The Labute approximate surface area is 183 Å². The van der Waals surface area contributed by atoms with Gasteiger partial charge in [-0.05, 0) is 36.4 Å². The van der Waals surface area contributed by atoms with Crippen LogP contribution in [0.5, 0.6) is 5.88 Å². The lowest BCUT2D eigenvalue weighted by atomic mass is 9.99. The monoisotopic (exact) mass is 445 g/mol. The number of pyridine rings is 2. The van der Waals surface area contributed by atoms with Crippen LogP contribution in [0.15, 0.2) is 89.9 Å². The topological polar surface area (TPSA) is 122 Å². The van der Waals surface area contributed by atoms with Crippen LogP contribution in [0, 0.1) is 11.3 Å². The Morgan fingerprint density at radius 1 is 0.906 bits per heavy atom. The van der Waals surface area contributed by atoms with Gasteiger partial charge in [0.15, 0.2) is 0 Å². The molecule has 0 bridgehead atoms. The van der Waals surface area contributed by atoms with Gasteiger partial charge >= 0.3 is 10.4 Å². The molecule has 2 heterocycles. The van der Waals surface area contributed by atoms with Gasteiger partial charge in [-0.3, -0.25) is 14.3 Å². The Kier molecular flexibility index (Phi) is 5.55. The van der Waals surface area contributed by atoms with Crippen LogP contribution in [0.1, 0.15) is 5.56 Å². The molecule has 0 aliphatic carbocycles. The average molecular weight is 445 g/mol. The zero-order valence-corrected chi connectivity index (χ0v) is 17.2. The maximum atomic E-state index is 13.6. The van der Waals surface area contributed by atoms with Crippen molar-refractivity contribution in [3.05, 3.63) is 101 Å². The largest absolute Gasteiger partial charge is 0.447 e. The van der Waals surface area contributed by atoms with Crippen molar-refractivity contribution in [1.82, 2.24) is 9.55 Å². The number of aromatic nitrogens is 2. The Bertz CT molecular complexity index is 1490. The fraction of sp³-hybridized carbons (Fsp3) is 0. The fourth-order valence-corrected chi connectivity index (χ4v) is 3.67. The van der Waals surface area contributed by atoms with E-state index in [0.717, 1.165) is 4.57 Å². The molecule has 0 spiro atoms. The highest BCUT2D eigenvalue weighted by Crippen LogP contribution is 2.34. The van der Waals surface area contributed by atoms with Crippen molar-refractivity contribution in [2.75, 3.05) is 0 Å². The Morgan fingerprint density at radius 3 is 2.25 bits per heavy atom. The molecule has 0 aliphatic rings. The Morgan fingerprint density at radius 2 is 1.59 bits per heavy atom. The van der Waals surface area contributed by atoms with Crippen LogP contribution in [0.25, 0.3) is 28.1 Å². The normalized spacial score (nSPS) is 11.0. The van der Waals surface area contributed by atoms with E-state index in [1.165, 1.54) is 12.3 Å². The van der Waals surface area contributed by atoms with Gasteiger partial charge in [-0.25, -0.2) is 4.57 Å². The van der Waals surface area contributed by atoms with Crippen LogP contribution in [-0.2, 0) is 10.4 Å². The first-order valence-electron chi connectivity index (χ1n) is 9.32. The second-order valence-corrected chi connectivity index (χ2v) is 7.66. The van der Waals surface area contributed by atoms with Crippen molar-refractivity contribution in [1.29, 1.82) is 5.26 Å². The quantitative estimate of drug-likeness (QED) is 0.466. The highest BCUT2D eigenvalue weighted by atomic mass is 32.3. The summed E-state index contributed by atoms with van der Waals surface area (Å²) < 4.78 is 38.7. The summed E-state index contributed by atoms with van der Waals surface area (Å²) in [5, 5.41) is 9.54. The average Bonchev–Trinajstić information content (AvgIpc) is 2.79. The molecule has 0 aliphatic heterocycles. The number of nitrogens with zero attached hydrogens (tertiary/aromatic N) is 3. The number of para-hydroxylation sites is 1. The predicted octanol–water partition coefficient (Wildman–Crippen LogP) is 3.62. The third-order valence-electron chi connectivity index (χ3n) is 4.63. The maximum absolute atomic E-state index is 13.6. The molecule has 4 rings (SSSR count). The van der Waals surface area contributed by atoms with Crippen molar-refractivity contribution in [3.8, 4) is 40.0 Å². The van der Waals surface area contributed by atoms with E-state index in [0.29, 0.717) is 16.9 Å². The molecule has 0 unspecified atom stereocenters. The summed E-state index contributed by atoms with van der Waals surface area (Å²) in [6.07, 6.45) is 1.49. The molecule has 32 heavy (non-hydrogen) atoms. The zero-order chi connectivity index (χ0) is 22.7. The van der Waals surface area contributed by atoms with Crippen molar-refractivity contribution in [2.45, 2.75) is 0 Å². The second-order valence-electron chi connectivity index (χ2n) is 6.64. The van der Waals surface area contributed by atoms with E-state index in [9.17, 15) is 23.0 Å². The maximum Gasteiger partial charge on any atom is 0.447 e. The Hall–Kier alpha value is -4.26. The first-order valence-corrected chi connectivity index (χ1v) is 10.7. The summed E-state index contributed by atoms with van der Waals surface area (Å²) in [6.45, 7) is 0. The molecule has 1 N–H and O–H groups in total. The van der Waals surface area contributed by atoms with Gasteiger partial charge in [0, 0.05) is 17.3 Å². The van der Waals surface area contributed by atoms with Crippen LogP contribution >= 0.6 is 0 Å². The number of rotatable bonds is 5. The van der Waals surface area contributed by atoms with Gasteiger partial charge in [0.25, 0.3) is 5.56 Å². The smallest absolute Gasteiger partial charge is 0.342 e. The van der Waals surface area contributed by atoms with E-state index in [4.69, 9.17) is 4.18 Å². The molecule has 0 saturated carbocycles. The first kappa shape index (κ1) is 21.0. The molecule has 4 aromatic rings. The highest BCUT2D eigenvalue weighted by Gasteiger charge is 2.24. The number of hydrogen-bond acceptors (Lipinski definition) is 6.